The Morgan fingerprint density at radius 3 is 2.92 bits per heavy atom. The van der Waals surface area contributed by atoms with E-state index in [-0.39, 0.29) is 5.13 Å². The van der Waals surface area contributed by atoms with E-state index in [0.717, 1.165) is 29.7 Å². The van der Waals surface area contributed by atoms with Gasteiger partial charge < -0.3 is 5.32 Å². The smallest absolute Gasteiger partial charge is 0.180 e. The molecule has 1 heterocycles. The minimum atomic E-state index is 0.0436. The number of aryl methyl sites for hydroxylation is 1. The third-order valence-electron chi connectivity index (χ3n) is 2.87. The lowest BCUT2D eigenvalue weighted by Gasteiger charge is -2.22. The van der Waals surface area contributed by atoms with E-state index in [1.807, 2.05) is 14.0 Å². The largest absolute Gasteiger partial charge is 0.317 e. The molecule has 1 aromatic heterocycles. The molecule has 1 aromatic rings. The number of hydrogen-bond acceptors (Lipinski definition) is 2. The van der Waals surface area contributed by atoms with Crippen molar-refractivity contribution in [3.05, 3.63) is 21.1 Å². The first kappa shape index (κ1) is 9.16. The lowest BCUT2D eigenvalue weighted by molar-refractivity contribution is 0.486. The summed E-state index contributed by atoms with van der Waals surface area (Å²) in [6.45, 7) is 2.02. The highest BCUT2D eigenvalue weighted by atomic mass is 32.1. The second kappa shape index (κ2) is 3.39. The van der Waals surface area contributed by atoms with Gasteiger partial charge in [-0.25, -0.2) is 0 Å². The maximum absolute atomic E-state index is 13.3. The summed E-state index contributed by atoms with van der Waals surface area (Å²) in [5.74, 6) is 0. The van der Waals surface area contributed by atoms with Gasteiger partial charge in [0.15, 0.2) is 5.13 Å². The minimum absolute atomic E-state index is 0.0436. The molecule has 1 aliphatic rings. The highest BCUT2D eigenvalue weighted by Crippen LogP contribution is 2.32. The zero-order valence-electron chi connectivity index (χ0n) is 7.98. The molecule has 0 spiro atoms. The Labute approximate surface area is 82.0 Å². The molecule has 1 atom stereocenters. The van der Waals surface area contributed by atoms with Gasteiger partial charge in [-0.15, -0.1) is 11.3 Å². The number of thiophene rings is 1. The Balaban J connectivity index is 2.33. The molecule has 72 valence electrons. The van der Waals surface area contributed by atoms with Crippen LogP contribution in [-0.2, 0) is 12.8 Å². The molecule has 1 nitrogen and oxygen atoms in total. The molecule has 3 heteroatoms. The van der Waals surface area contributed by atoms with E-state index in [1.54, 1.807) is 0 Å². The van der Waals surface area contributed by atoms with Crippen molar-refractivity contribution >= 4 is 11.3 Å². The van der Waals surface area contributed by atoms with Crippen molar-refractivity contribution in [2.75, 3.05) is 7.05 Å². The molecule has 1 N–H and O–H groups in total. The van der Waals surface area contributed by atoms with Crippen molar-refractivity contribution in [2.24, 2.45) is 0 Å². The van der Waals surface area contributed by atoms with Gasteiger partial charge in [0.1, 0.15) is 0 Å². The zero-order valence-corrected chi connectivity index (χ0v) is 8.80. The fourth-order valence-electron chi connectivity index (χ4n) is 2.02. The Kier molecular flexibility index (Phi) is 2.39. The molecule has 0 fully saturated rings. The van der Waals surface area contributed by atoms with Crippen LogP contribution in [0.15, 0.2) is 0 Å². The van der Waals surface area contributed by atoms with Crippen molar-refractivity contribution in [3.63, 3.8) is 0 Å². The van der Waals surface area contributed by atoms with E-state index in [4.69, 9.17) is 0 Å². The Bertz CT molecular complexity index is 319. The Hall–Kier alpha value is -0.410. The van der Waals surface area contributed by atoms with Crippen LogP contribution in [0, 0.1) is 12.1 Å². The van der Waals surface area contributed by atoms with E-state index in [1.165, 1.54) is 16.9 Å². The number of rotatable bonds is 1. The van der Waals surface area contributed by atoms with Crippen LogP contribution in [0.5, 0.6) is 0 Å². The van der Waals surface area contributed by atoms with E-state index in [9.17, 15) is 4.39 Å². The number of nitrogens with one attached hydrogen (secondary N) is 1. The molecule has 0 aromatic carbocycles. The van der Waals surface area contributed by atoms with Crippen LogP contribution >= 0.6 is 11.3 Å². The summed E-state index contributed by atoms with van der Waals surface area (Å²) in [6.07, 6.45) is 2.96. The topological polar surface area (TPSA) is 12.0 Å². The SMILES string of the molecule is CNC1CCc2c(F)sc(C)c2C1. The van der Waals surface area contributed by atoms with E-state index < -0.39 is 0 Å². The predicted molar refractivity (Wildman–Crippen MR) is 53.9 cm³/mol. The van der Waals surface area contributed by atoms with E-state index in [2.05, 4.69) is 5.32 Å². The summed E-state index contributed by atoms with van der Waals surface area (Å²) in [5, 5.41) is 3.31. The van der Waals surface area contributed by atoms with Crippen LogP contribution in [0.2, 0.25) is 0 Å². The quantitative estimate of drug-likeness (QED) is 0.731. The van der Waals surface area contributed by atoms with Gasteiger partial charge in [-0.3, -0.25) is 0 Å². The predicted octanol–water partition coefficient (Wildman–Crippen LogP) is 2.27. The number of fused-ring (bicyclic) bond motifs is 1. The van der Waals surface area contributed by atoms with Gasteiger partial charge in [-0.05, 0) is 38.8 Å². The molecule has 2 rings (SSSR count). The van der Waals surface area contributed by atoms with Crippen LogP contribution in [0.4, 0.5) is 4.39 Å². The molecule has 0 bridgehead atoms. The van der Waals surface area contributed by atoms with Crippen molar-refractivity contribution in [3.8, 4) is 0 Å². The van der Waals surface area contributed by atoms with Crippen molar-refractivity contribution in [1.82, 2.24) is 5.32 Å². The number of hydrogen-bond donors (Lipinski definition) is 1. The molecule has 0 amide bonds. The van der Waals surface area contributed by atoms with Gasteiger partial charge in [0.05, 0.1) is 0 Å². The zero-order chi connectivity index (χ0) is 9.42. The normalized spacial score (nSPS) is 21.6. The molecule has 1 unspecified atom stereocenters. The molecule has 0 saturated carbocycles. The van der Waals surface area contributed by atoms with Gasteiger partial charge in [0, 0.05) is 16.5 Å². The first-order valence-corrected chi connectivity index (χ1v) is 5.48. The van der Waals surface area contributed by atoms with Gasteiger partial charge >= 0.3 is 0 Å². The monoisotopic (exact) mass is 199 g/mol. The summed E-state index contributed by atoms with van der Waals surface area (Å²) in [4.78, 5) is 1.16. The fraction of sp³-hybridized carbons (Fsp3) is 0.600. The average molecular weight is 199 g/mol. The summed E-state index contributed by atoms with van der Waals surface area (Å²) in [7, 11) is 1.98. The standard InChI is InChI=1S/C10H14FNS/c1-6-9-5-7(12-2)3-4-8(9)10(11)13-6/h7,12H,3-5H2,1-2H3. The lowest BCUT2D eigenvalue weighted by atomic mass is 9.90. The van der Waals surface area contributed by atoms with Crippen LogP contribution in [-0.4, -0.2) is 13.1 Å². The highest BCUT2D eigenvalue weighted by Gasteiger charge is 2.23. The maximum Gasteiger partial charge on any atom is 0.180 e. The average Bonchev–Trinajstić information content (AvgIpc) is 2.42. The molecule has 0 aliphatic heterocycles. The van der Waals surface area contributed by atoms with Crippen LogP contribution < -0.4 is 5.32 Å². The Morgan fingerprint density at radius 1 is 1.46 bits per heavy atom. The molecular formula is C10H14FNS. The lowest BCUT2D eigenvalue weighted by Crippen LogP contribution is -2.31. The van der Waals surface area contributed by atoms with Crippen LogP contribution in [0.1, 0.15) is 22.4 Å². The minimum Gasteiger partial charge on any atom is -0.317 e. The van der Waals surface area contributed by atoms with Gasteiger partial charge in [0.25, 0.3) is 0 Å². The first-order valence-electron chi connectivity index (χ1n) is 4.66. The second-order valence-corrected chi connectivity index (χ2v) is 4.79. The van der Waals surface area contributed by atoms with Crippen LogP contribution in [0.3, 0.4) is 0 Å². The maximum atomic E-state index is 13.3. The van der Waals surface area contributed by atoms with E-state index >= 15 is 0 Å². The number of halogens is 1. The third kappa shape index (κ3) is 1.51. The van der Waals surface area contributed by atoms with Gasteiger partial charge in [-0.2, -0.15) is 4.39 Å². The fourth-order valence-corrected chi connectivity index (χ4v) is 2.97. The Morgan fingerprint density at radius 2 is 2.23 bits per heavy atom. The van der Waals surface area contributed by atoms with Gasteiger partial charge in [0.2, 0.25) is 0 Å². The summed E-state index contributed by atoms with van der Waals surface area (Å²) < 4.78 is 13.3. The molecule has 1 aliphatic carbocycles. The summed E-state index contributed by atoms with van der Waals surface area (Å²) >= 11 is 1.30. The highest BCUT2D eigenvalue weighted by molar-refractivity contribution is 7.10. The molecule has 13 heavy (non-hydrogen) atoms. The second-order valence-electron chi connectivity index (χ2n) is 3.62. The summed E-state index contributed by atoms with van der Waals surface area (Å²) in [6, 6.07) is 0.542. The van der Waals surface area contributed by atoms with Crippen molar-refractivity contribution < 1.29 is 4.39 Å². The van der Waals surface area contributed by atoms with Crippen molar-refractivity contribution in [2.45, 2.75) is 32.2 Å². The summed E-state index contributed by atoms with van der Waals surface area (Å²) in [5.41, 5.74) is 2.24. The van der Waals surface area contributed by atoms with Crippen LogP contribution in [0.25, 0.3) is 0 Å². The molecule has 0 radical (unpaired) electrons. The first-order chi connectivity index (χ1) is 6.22. The van der Waals surface area contributed by atoms with Gasteiger partial charge in [-0.1, -0.05) is 0 Å². The van der Waals surface area contributed by atoms with Crippen molar-refractivity contribution in [1.29, 1.82) is 0 Å². The molecule has 0 saturated heterocycles. The third-order valence-corrected chi connectivity index (χ3v) is 3.85. The number of likely N-dealkylation sites (N-methyl/N-ethyl adjacent to an activating group) is 1. The van der Waals surface area contributed by atoms with E-state index in [0.29, 0.717) is 6.04 Å². The molecular weight excluding hydrogens is 185 g/mol.